The average molecular weight is 201 g/mol. The average Bonchev–Trinajstić information content (AvgIpc) is 2.62. The molecule has 0 radical (unpaired) electrons. The molecule has 2 unspecified atom stereocenters. The summed E-state index contributed by atoms with van der Waals surface area (Å²) >= 11 is 0. The van der Waals surface area contributed by atoms with Crippen LogP contribution in [0.1, 0.15) is 47.0 Å². The molecule has 14 heavy (non-hydrogen) atoms. The number of rotatable bonds is 5. The molecule has 1 N–H and O–H groups in total. The van der Waals surface area contributed by atoms with Gasteiger partial charge in [-0.2, -0.15) is 0 Å². The van der Waals surface area contributed by atoms with E-state index in [1.165, 1.54) is 19.3 Å². The third-order valence-electron chi connectivity index (χ3n) is 2.58. The van der Waals surface area contributed by atoms with Gasteiger partial charge in [0.25, 0.3) is 0 Å². The Morgan fingerprint density at radius 3 is 2.50 bits per heavy atom. The first-order valence-electron chi connectivity index (χ1n) is 6.14. The number of hydrogen-bond acceptors (Lipinski definition) is 2. The van der Waals surface area contributed by atoms with Crippen molar-refractivity contribution in [3.8, 4) is 0 Å². The summed E-state index contributed by atoms with van der Waals surface area (Å²) in [6.45, 7) is 11.1. The van der Waals surface area contributed by atoms with Gasteiger partial charge in [0.05, 0.1) is 6.61 Å². The van der Waals surface area contributed by atoms with Crippen LogP contribution in [0.4, 0.5) is 0 Å². The fraction of sp³-hybridized carbons (Fsp3) is 1.00. The summed E-state index contributed by atoms with van der Waals surface area (Å²) in [5.74, 6) is 0.926. The Morgan fingerprint density at radius 2 is 2.00 bits per heavy atom. The predicted octanol–water partition coefficient (Wildman–Crippen LogP) is 2.83. The van der Waals surface area contributed by atoms with Crippen molar-refractivity contribution in [3.05, 3.63) is 0 Å². The maximum Gasteiger partial charge on any atom is 0.0590 e. The van der Waals surface area contributed by atoms with Crippen molar-refractivity contribution in [1.82, 2.24) is 5.32 Å². The molecule has 0 bridgehead atoms. The van der Waals surface area contributed by atoms with Crippen molar-refractivity contribution in [2.24, 2.45) is 5.92 Å². The van der Waals surface area contributed by atoms with Crippen molar-refractivity contribution < 1.29 is 4.74 Å². The Labute approximate surface area is 89.4 Å². The van der Waals surface area contributed by atoms with Gasteiger partial charge in [-0.25, -0.2) is 0 Å². The zero-order chi connectivity index (χ0) is 10.8. The van der Waals surface area contributed by atoms with E-state index < -0.39 is 0 Å². The van der Waals surface area contributed by atoms with Crippen LogP contribution in [0.3, 0.4) is 0 Å². The van der Waals surface area contributed by atoms with Gasteiger partial charge in [-0.05, 0) is 32.1 Å². The molecule has 1 aliphatic rings. The zero-order valence-corrected chi connectivity index (χ0v) is 10.3. The number of ether oxygens (including phenoxy) is 1. The van der Waals surface area contributed by atoms with Crippen LogP contribution in [-0.4, -0.2) is 25.8 Å². The van der Waals surface area contributed by atoms with E-state index in [0.29, 0.717) is 0 Å². The van der Waals surface area contributed by atoms with Gasteiger partial charge in [-0.15, -0.1) is 0 Å². The fourth-order valence-electron chi connectivity index (χ4n) is 1.87. The molecule has 1 rings (SSSR count). The van der Waals surface area contributed by atoms with Gasteiger partial charge >= 0.3 is 0 Å². The lowest BCUT2D eigenvalue weighted by Gasteiger charge is -2.11. The second-order valence-corrected chi connectivity index (χ2v) is 3.77. The predicted molar refractivity (Wildman–Crippen MR) is 62.6 cm³/mol. The summed E-state index contributed by atoms with van der Waals surface area (Å²) in [4.78, 5) is 0. The van der Waals surface area contributed by atoms with Crippen molar-refractivity contribution in [1.29, 1.82) is 0 Å². The second kappa shape index (κ2) is 9.47. The molecule has 0 aliphatic heterocycles. The molecule has 0 aromatic carbocycles. The minimum atomic E-state index is 0.764. The van der Waals surface area contributed by atoms with E-state index in [1.807, 2.05) is 20.8 Å². The Bertz CT molecular complexity index is 117. The molecule has 0 heterocycles. The van der Waals surface area contributed by atoms with Gasteiger partial charge in [-0.1, -0.05) is 20.8 Å². The summed E-state index contributed by atoms with van der Waals surface area (Å²) in [5.41, 5.74) is 0. The SMILES string of the molecule is CC.CCOCCNC1CCC(C)C1. The maximum absolute atomic E-state index is 5.26. The van der Waals surface area contributed by atoms with Crippen LogP contribution in [0.5, 0.6) is 0 Å². The summed E-state index contributed by atoms with van der Waals surface area (Å²) in [6, 6.07) is 0.764. The third kappa shape index (κ3) is 6.39. The third-order valence-corrected chi connectivity index (χ3v) is 2.58. The molecule has 2 atom stereocenters. The van der Waals surface area contributed by atoms with E-state index in [2.05, 4.69) is 12.2 Å². The first-order chi connectivity index (χ1) is 6.83. The van der Waals surface area contributed by atoms with Crippen molar-refractivity contribution >= 4 is 0 Å². The molecule has 86 valence electrons. The Balaban J connectivity index is 0.000000791. The van der Waals surface area contributed by atoms with Crippen LogP contribution in [0.2, 0.25) is 0 Å². The largest absolute Gasteiger partial charge is 0.380 e. The molecule has 1 saturated carbocycles. The van der Waals surface area contributed by atoms with Gasteiger partial charge in [-0.3, -0.25) is 0 Å². The molecular weight excluding hydrogens is 174 g/mol. The summed E-state index contributed by atoms with van der Waals surface area (Å²) in [6.07, 6.45) is 4.10. The normalized spacial score (nSPS) is 25.7. The molecule has 2 heteroatoms. The standard InChI is InChI=1S/C10H21NO.C2H6/c1-3-12-7-6-11-10-5-4-9(2)8-10;1-2/h9-11H,3-8H2,1-2H3;1-2H3. The van der Waals surface area contributed by atoms with Crippen LogP contribution in [0.15, 0.2) is 0 Å². The maximum atomic E-state index is 5.26. The fourth-order valence-corrected chi connectivity index (χ4v) is 1.87. The molecular formula is C12H27NO. The quantitative estimate of drug-likeness (QED) is 0.691. The second-order valence-electron chi connectivity index (χ2n) is 3.77. The Morgan fingerprint density at radius 1 is 1.29 bits per heavy atom. The summed E-state index contributed by atoms with van der Waals surface area (Å²) < 4.78 is 5.26. The lowest BCUT2D eigenvalue weighted by Crippen LogP contribution is -2.29. The van der Waals surface area contributed by atoms with E-state index in [0.717, 1.165) is 31.7 Å². The highest BCUT2D eigenvalue weighted by atomic mass is 16.5. The van der Waals surface area contributed by atoms with Gasteiger partial charge in [0.15, 0.2) is 0 Å². The van der Waals surface area contributed by atoms with Crippen molar-refractivity contribution in [2.75, 3.05) is 19.8 Å². The zero-order valence-electron chi connectivity index (χ0n) is 10.3. The lowest BCUT2D eigenvalue weighted by atomic mass is 10.1. The summed E-state index contributed by atoms with van der Waals surface area (Å²) in [5, 5.41) is 3.52. The molecule has 2 nitrogen and oxygen atoms in total. The first kappa shape index (κ1) is 13.9. The molecule has 1 aliphatic carbocycles. The van der Waals surface area contributed by atoms with Gasteiger partial charge in [0.1, 0.15) is 0 Å². The van der Waals surface area contributed by atoms with Crippen molar-refractivity contribution in [3.63, 3.8) is 0 Å². The van der Waals surface area contributed by atoms with Gasteiger partial charge in [0.2, 0.25) is 0 Å². The minimum absolute atomic E-state index is 0.764. The molecule has 0 aromatic rings. The number of nitrogens with one attached hydrogen (secondary N) is 1. The summed E-state index contributed by atoms with van der Waals surface area (Å²) in [7, 11) is 0. The monoisotopic (exact) mass is 201 g/mol. The van der Waals surface area contributed by atoms with Crippen LogP contribution in [0.25, 0.3) is 0 Å². The highest BCUT2D eigenvalue weighted by Crippen LogP contribution is 2.24. The van der Waals surface area contributed by atoms with Crippen LogP contribution in [-0.2, 0) is 4.74 Å². The van der Waals surface area contributed by atoms with Crippen LogP contribution in [0, 0.1) is 5.92 Å². The Kier molecular flexibility index (Phi) is 9.42. The molecule has 0 aromatic heterocycles. The lowest BCUT2D eigenvalue weighted by molar-refractivity contribution is 0.147. The van der Waals surface area contributed by atoms with E-state index in [4.69, 9.17) is 4.74 Å². The van der Waals surface area contributed by atoms with E-state index >= 15 is 0 Å². The van der Waals surface area contributed by atoms with Gasteiger partial charge < -0.3 is 10.1 Å². The van der Waals surface area contributed by atoms with Crippen LogP contribution < -0.4 is 5.32 Å². The van der Waals surface area contributed by atoms with E-state index in [-0.39, 0.29) is 0 Å². The highest BCUT2D eigenvalue weighted by molar-refractivity contribution is 4.77. The van der Waals surface area contributed by atoms with Crippen molar-refractivity contribution in [2.45, 2.75) is 53.0 Å². The highest BCUT2D eigenvalue weighted by Gasteiger charge is 2.19. The molecule has 0 spiro atoms. The molecule has 1 fully saturated rings. The first-order valence-corrected chi connectivity index (χ1v) is 6.14. The number of hydrogen-bond donors (Lipinski definition) is 1. The molecule has 0 saturated heterocycles. The van der Waals surface area contributed by atoms with E-state index in [9.17, 15) is 0 Å². The Hall–Kier alpha value is -0.0800. The molecule has 0 amide bonds. The smallest absolute Gasteiger partial charge is 0.0590 e. The van der Waals surface area contributed by atoms with Gasteiger partial charge in [0, 0.05) is 19.2 Å². The van der Waals surface area contributed by atoms with E-state index in [1.54, 1.807) is 0 Å². The van der Waals surface area contributed by atoms with Crippen LogP contribution >= 0.6 is 0 Å². The topological polar surface area (TPSA) is 21.3 Å². The minimum Gasteiger partial charge on any atom is -0.380 e.